The molecule has 2 amide bonds. The van der Waals surface area contributed by atoms with Gasteiger partial charge in [0.2, 0.25) is 0 Å². The van der Waals surface area contributed by atoms with Gasteiger partial charge in [0.1, 0.15) is 22.4 Å². The largest absolute Gasteiger partial charge is 0.443 e. The lowest BCUT2D eigenvalue weighted by Gasteiger charge is -2.29. The second kappa shape index (κ2) is 22.2. The fourth-order valence-corrected chi connectivity index (χ4v) is 8.89. The number of ether oxygens (including phenoxy) is 4. The molecule has 0 spiro atoms. The number of benzene rings is 4. The average Bonchev–Trinajstić information content (AvgIpc) is 3.99. The second-order valence-electron chi connectivity index (χ2n) is 23.1. The molecule has 0 unspecified atom stereocenters. The van der Waals surface area contributed by atoms with Crippen LogP contribution in [-0.4, -0.2) is 88.9 Å². The van der Waals surface area contributed by atoms with Gasteiger partial charge < -0.3 is 23.8 Å². The van der Waals surface area contributed by atoms with Crippen LogP contribution >= 0.6 is 15.9 Å². The standard InChI is InChI=1S/C32H39N5O4.C27H29BrN4O4/c1-31(2,3)40-29(38)36-17-14-23-11-10-22(18-27(23)36)21-37(30(39)41-32(4,5)6)28-20-33-25-13-12-24(19-26(25)34-28)35-15-8-7-9-16-35;1-26(2,3)35-24(33)31-12-11-18-8-7-17(13-22(18)31)16-32(25(34)36-27(4,5)6)23-15-29-20-10-9-19(28)14-21(20)30-23/h10-14,17-20H,7-9,15-16,21H2,1-6H3;7-15H,16H2,1-6H3. The number of fused-ring (bicyclic) bond motifs is 4. The molecule has 17 nitrogen and oxygen atoms in total. The number of piperidine rings is 1. The molecule has 18 heteroatoms. The lowest BCUT2D eigenvalue weighted by atomic mass is 10.1. The number of aromatic nitrogens is 6. The zero-order valence-corrected chi connectivity index (χ0v) is 47.6. The van der Waals surface area contributed by atoms with Gasteiger partial charge in [-0.2, -0.15) is 0 Å². The highest BCUT2D eigenvalue weighted by Crippen LogP contribution is 2.29. The molecule has 77 heavy (non-hydrogen) atoms. The summed E-state index contributed by atoms with van der Waals surface area (Å²) in [5.74, 6) is 0.752. The number of carbonyl (C=O) groups excluding carboxylic acids is 4. The molecule has 0 saturated carbocycles. The summed E-state index contributed by atoms with van der Waals surface area (Å²) < 4.78 is 26.4. The summed E-state index contributed by atoms with van der Waals surface area (Å²) in [5, 5.41) is 1.77. The monoisotopic (exact) mass is 1110 g/mol. The minimum absolute atomic E-state index is 0.165. The van der Waals surface area contributed by atoms with E-state index in [4.69, 9.17) is 23.9 Å². The van der Waals surface area contributed by atoms with Gasteiger partial charge in [-0.05, 0) is 174 Å². The van der Waals surface area contributed by atoms with E-state index in [1.54, 1.807) is 24.8 Å². The maximum Gasteiger partial charge on any atom is 0.418 e. The highest BCUT2D eigenvalue weighted by molar-refractivity contribution is 9.10. The molecule has 5 heterocycles. The Morgan fingerprint density at radius 1 is 0.506 bits per heavy atom. The van der Waals surface area contributed by atoms with Crippen LogP contribution in [-0.2, 0) is 32.0 Å². The van der Waals surface area contributed by atoms with Crippen molar-refractivity contribution in [2.24, 2.45) is 0 Å². The molecular weight excluding hydrogens is 1040 g/mol. The van der Waals surface area contributed by atoms with Crippen molar-refractivity contribution in [3.05, 3.63) is 125 Å². The average molecular weight is 1110 g/mol. The van der Waals surface area contributed by atoms with Gasteiger partial charge in [0.15, 0.2) is 11.6 Å². The third-order valence-corrected chi connectivity index (χ3v) is 12.4. The number of rotatable bonds is 7. The molecular formula is C59H68BrN9O8. The predicted octanol–water partition coefficient (Wildman–Crippen LogP) is 14.4. The van der Waals surface area contributed by atoms with Crippen LogP contribution in [0.3, 0.4) is 0 Å². The van der Waals surface area contributed by atoms with Crippen LogP contribution in [0.5, 0.6) is 0 Å². The van der Waals surface area contributed by atoms with E-state index < -0.39 is 46.8 Å². The van der Waals surface area contributed by atoms with Crippen molar-refractivity contribution in [2.75, 3.05) is 27.8 Å². The van der Waals surface area contributed by atoms with E-state index in [2.05, 4.69) is 41.8 Å². The normalized spacial score (nSPS) is 13.3. The molecule has 8 aromatic rings. The van der Waals surface area contributed by atoms with E-state index in [9.17, 15) is 19.2 Å². The van der Waals surface area contributed by atoms with E-state index in [-0.39, 0.29) is 13.1 Å². The molecule has 4 aromatic carbocycles. The lowest BCUT2D eigenvalue weighted by molar-refractivity contribution is 0.0533. The first kappa shape index (κ1) is 55.6. The summed E-state index contributed by atoms with van der Waals surface area (Å²) >= 11 is 3.46. The van der Waals surface area contributed by atoms with Crippen LogP contribution in [0.25, 0.3) is 43.9 Å². The zero-order valence-electron chi connectivity index (χ0n) is 46.0. The van der Waals surface area contributed by atoms with E-state index in [0.29, 0.717) is 39.2 Å². The molecule has 1 aliphatic rings. The van der Waals surface area contributed by atoms with Gasteiger partial charge in [0.25, 0.3) is 0 Å². The van der Waals surface area contributed by atoms with Crippen molar-refractivity contribution in [3.8, 4) is 0 Å². The molecule has 0 radical (unpaired) electrons. The van der Waals surface area contributed by atoms with E-state index in [0.717, 1.165) is 50.7 Å². The molecule has 4 aromatic heterocycles. The molecule has 1 fully saturated rings. The fraction of sp³-hybridized carbons (Fsp3) is 0.390. The quantitative estimate of drug-likeness (QED) is 0.138. The maximum atomic E-state index is 13.5. The second-order valence-corrected chi connectivity index (χ2v) is 24.0. The Morgan fingerprint density at radius 2 is 0.935 bits per heavy atom. The van der Waals surface area contributed by atoms with Gasteiger partial charge in [-0.3, -0.25) is 28.9 Å². The van der Waals surface area contributed by atoms with Crippen LogP contribution in [0.4, 0.5) is 36.5 Å². The number of carbonyl (C=O) groups is 4. The Bertz CT molecular complexity index is 3480. The van der Waals surface area contributed by atoms with Crippen molar-refractivity contribution in [1.82, 2.24) is 29.1 Å². The highest BCUT2D eigenvalue weighted by atomic mass is 79.9. The molecule has 1 saturated heterocycles. The molecule has 404 valence electrons. The van der Waals surface area contributed by atoms with E-state index in [1.807, 2.05) is 162 Å². The number of nitrogens with zero attached hydrogens (tertiary/aromatic N) is 9. The fourth-order valence-electron chi connectivity index (χ4n) is 8.54. The smallest absolute Gasteiger partial charge is 0.418 e. The van der Waals surface area contributed by atoms with E-state index >= 15 is 0 Å². The SMILES string of the molecule is CC(C)(C)OC(=O)N(Cc1ccc2ccn(C(=O)OC(C)(C)C)c2c1)c1cnc2ccc(Br)cc2n1.CC(C)(C)OC(=O)N(Cc1ccc2ccn(C(=O)OC(C)(C)C)c2c1)c1cnc2ccc(N3CCCCC3)cc2n1. The van der Waals surface area contributed by atoms with Crippen molar-refractivity contribution >= 4 is 101 Å². The van der Waals surface area contributed by atoms with Crippen LogP contribution in [0.15, 0.2) is 114 Å². The first-order valence-corrected chi connectivity index (χ1v) is 26.6. The Hall–Kier alpha value is -7.60. The molecule has 0 atom stereocenters. The Morgan fingerprint density at radius 3 is 1.38 bits per heavy atom. The third kappa shape index (κ3) is 14.5. The van der Waals surface area contributed by atoms with Gasteiger partial charge in [0.05, 0.1) is 58.6 Å². The van der Waals surface area contributed by atoms with Gasteiger partial charge >= 0.3 is 24.4 Å². The summed E-state index contributed by atoms with van der Waals surface area (Å²) in [7, 11) is 0. The molecule has 0 aliphatic carbocycles. The van der Waals surface area contributed by atoms with Crippen LogP contribution in [0.2, 0.25) is 0 Å². The highest BCUT2D eigenvalue weighted by Gasteiger charge is 2.29. The van der Waals surface area contributed by atoms with Crippen molar-refractivity contribution in [2.45, 2.75) is 138 Å². The van der Waals surface area contributed by atoms with Gasteiger partial charge in [0, 0.05) is 46.4 Å². The molecule has 0 bridgehead atoms. The van der Waals surface area contributed by atoms with Gasteiger partial charge in [-0.25, -0.2) is 29.1 Å². The lowest BCUT2D eigenvalue weighted by Crippen LogP contribution is -2.37. The topological polar surface area (TPSA) is 176 Å². The molecule has 1 aliphatic heterocycles. The predicted molar refractivity (Wildman–Crippen MR) is 305 cm³/mol. The third-order valence-electron chi connectivity index (χ3n) is 11.9. The van der Waals surface area contributed by atoms with Crippen LogP contribution in [0.1, 0.15) is 113 Å². The van der Waals surface area contributed by atoms with Gasteiger partial charge in [-0.1, -0.05) is 40.2 Å². The summed E-state index contributed by atoms with van der Waals surface area (Å²) in [6, 6.07) is 26.8. The Labute approximate surface area is 457 Å². The minimum Gasteiger partial charge on any atom is -0.443 e. The summed E-state index contributed by atoms with van der Waals surface area (Å²) in [6.45, 7) is 24.3. The van der Waals surface area contributed by atoms with Crippen LogP contribution in [0, 0.1) is 0 Å². The number of amides is 2. The minimum atomic E-state index is -0.698. The Balaban J connectivity index is 0.000000205. The summed E-state index contributed by atoms with van der Waals surface area (Å²) in [5.41, 5.74) is 4.26. The van der Waals surface area contributed by atoms with Crippen molar-refractivity contribution < 1.29 is 38.1 Å². The van der Waals surface area contributed by atoms with Crippen molar-refractivity contribution in [3.63, 3.8) is 0 Å². The summed E-state index contributed by atoms with van der Waals surface area (Å²) in [4.78, 5) is 76.3. The first-order valence-electron chi connectivity index (χ1n) is 25.8. The molecule has 9 rings (SSSR count). The number of hydrogen-bond donors (Lipinski definition) is 0. The Kier molecular flexibility index (Phi) is 16.0. The number of anilines is 3. The summed E-state index contributed by atoms with van der Waals surface area (Å²) in [6.07, 6.45) is 8.15. The number of hydrogen-bond acceptors (Lipinski definition) is 13. The van der Waals surface area contributed by atoms with E-state index in [1.165, 1.54) is 38.2 Å². The van der Waals surface area contributed by atoms with Crippen LogP contribution < -0.4 is 14.7 Å². The van der Waals surface area contributed by atoms with Gasteiger partial charge in [-0.15, -0.1) is 0 Å². The number of halogens is 1. The maximum absolute atomic E-state index is 13.5. The zero-order chi connectivity index (χ0) is 55.6. The van der Waals surface area contributed by atoms with Crippen molar-refractivity contribution in [1.29, 1.82) is 0 Å². The molecule has 0 N–H and O–H groups in total. The first-order chi connectivity index (χ1) is 36.1.